The molecule has 2 aromatic heterocycles. The van der Waals surface area contributed by atoms with E-state index >= 15 is 0 Å². The van der Waals surface area contributed by atoms with E-state index in [-0.39, 0.29) is 11.7 Å². The number of ether oxygens (including phenoxy) is 1. The van der Waals surface area contributed by atoms with Crippen LogP contribution in [-0.2, 0) is 4.79 Å². The van der Waals surface area contributed by atoms with Gasteiger partial charge in [-0.05, 0) is 24.3 Å². The van der Waals surface area contributed by atoms with Crippen LogP contribution < -0.4 is 4.74 Å². The molecule has 2 heterocycles. The summed E-state index contributed by atoms with van der Waals surface area (Å²) in [5, 5.41) is 9.08. The summed E-state index contributed by atoms with van der Waals surface area (Å²) in [7, 11) is 5.06. The van der Waals surface area contributed by atoms with Crippen molar-refractivity contribution in [3.8, 4) is 23.0 Å². The SMILES string of the molecule is COc1ccccc1-n1c(SCC(=O)N(C)C)nnc1-c1ccco1. The molecule has 0 saturated carbocycles. The molecule has 1 amide bonds. The van der Waals surface area contributed by atoms with Crippen molar-refractivity contribution in [3.05, 3.63) is 42.7 Å². The Labute approximate surface area is 149 Å². The summed E-state index contributed by atoms with van der Waals surface area (Å²) in [4.78, 5) is 13.5. The molecule has 3 rings (SSSR count). The van der Waals surface area contributed by atoms with Gasteiger partial charge in [0.1, 0.15) is 5.75 Å². The van der Waals surface area contributed by atoms with Gasteiger partial charge in [-0.15, -0.1) is 10.2 Å². The van der Waals surface area contributed by atoms with Crippen molar-refractivity contribution >= 4 is 17.7 Å². The number of methoxy groups -OCH3 is 1. The highest BCUT2D eigenvalue weighted by molar-refractivity contribution is 7.99. The standard InChI is InChI=1S/C17H18N4O3S/c1-20(2)15(22)11-25-17-19-18-16(14-9-6-10-24-14)21(17)12-7-4-5-8-13(12)23-3/h4-10H,11H2,1-3H3. The second-order valence-corrected chi connectivity index (χ2v) is 6.31. The molecule has 0 aliphatic heterocycles. The monoisotopic (exact) mass is 358 g/mol. The fourth-order valence-corrected chi connectivity index (χ4v) is 3.14. The number of amides is 1. The van der Waals surface area contributed by atoms with Crippen LogP contribution in [0.2, 0.25) is 0 Å². The number of hydrogen-bond donors (Lipinski definition) is 0. The molecule has 0 spiro atoms. The van der Waals surface area contributed by atoms with Gasteiger partial charge in [0.05, 0.1) is 24.8 Å². The molecule has 0 saturated heterocycles. The van der Waals surface area contributed by atoms with E-state index in [0.29, 0.717) is 22.5 Å². The van der Waals surface area contributed by atoms with Gasteiger partial charge < -0.3 is 14.1 Å². The number of thioether (sulfide) groups is 1. The van der Waals surface area contributed by atoms with Gasteiger partial charge in [0.25, 0.3) is 0 Å². The quantitative estimate of drug-likeness (QED) is 0.631. The lowest BCUT2D eigenvalue weighted by Crippen LogP contribution is -2.23. The minimum Gasteiger partial charge on any atom is -0.495 e. The van der Waals surface area contributed by atoms with Gasteiger partial charge in [-0.3, -0.25) is 9.36 Å². The van der Waals surface area contributed by atoms with E-state index in [0.717, 1.165) is 5.69 Å². The molecule has 0 N–H and O–H groups in total. The number of hydrogen-bond acceptors (Lipinski definition) is 6. The fourth-order valence-electron chi connectivity index (χ4n) is 2.22. The molecular weight excluding hydrogens is 340 g/mol. The van der Waals surface area contributed by atoms with Crippen LogP contribution in [0.1, 0.15) is 0 Å². The molecule has 0 bridgehead atoms. The van der Waals surface area contributed by atoms with Crippen molar-refractivity contribution in [1.82, 2.24) is 19.7 Å². The van der Waals surface area contributed by atoms with Gasteiger partial charge in [-0.1, -0.05) is 23.9 Å². The van der Waals surface area contributed by atoms with E-state index in [1.165, 1.54) is 11.8 Å². The zero-order valence-electron chi connectivity index (χ0n) is 14.2. The van der Waals surface area contributed by atoms with Crippen LogP contribution in [0, 0.1) is 0 Å². The minimum atomic E-state index is -0.000810. The topological polar surface area (TPSA) is 73.4 Å². The molecule has 0 fully saturated rings. The molecule has 0 unspecified atom stereocenters. The highest BCUT2D eigenvalue weighted by atomic mass is 32.2. The summed E-state index contributed by atoms with van der Waals surface area (Å²) in [5.74, 6) is 2.08. The summed E-state index contributed by atoms with van der Waals surface area (Å²) >= 11 is 1.32. The van der Waals surface area contributed by atoms with Crippen LogP contribution in [0.4, 0.5) is 0 Å². The molecule has 3 aromatic rings. The zero-order valence-corrected chi connectivity index (χ0v) is 15.0. The van der Waals surface area contributed by atoms with Crippen molar-refractivity contribution in [3.63, 3.8) is 0 Å². The summed E-state index contributed by atoms with van der Waals surface area (Å²) in [5.41, 5.74) is 0.779. The lowest BCUT2D eigenvalue weighted by atomic mass is 10.3. The number of para-hydroxylation sites is 2. The summed E-state index contributed by atoms with van der Waals surface area (Å²) in [6, 6.07) is 11.2. The molecule has 7 nitrogen and oxygen atoms in total. The van der Waals surface area contributed by atoms with Crippen LogP contribution >= 0.6 is 11.8 Å². The first-order valence-corrected chi connectivity index (χ1v) is 8.56. The van der Waals surface area contributed by atoms with Crippen LogP contribution in [-0.4, -0.2) is 52.5 Å². The summed E-state index contributed by atoms with van der Waals surface area (Å²) < 4.78 is 12.8. The van der Waals surface area contributed by atoms with Gasteiger partial charge in [-0.2, -0.15) is 0 Å². The van der Waals surface area contributed by atoms with E-state index in [1.54, 1.807) is 38.4 Å². The second-order valence-electron chi connectivity index (χ2n) is 5.37. The molecule has 8 heteroatoms. The Morgan fingerprint density at radius 2 is 2.04 bits per heavy atom. The molecule has 0 atom stereocenters. The summed E-state index contributed by atoms with van der Waals surface area (Å²) in [6.45, 7) is 0. The fraction of sp³-hybridized carbons (Fsp3) is 0.235. The van der Waals surface area contributed by atoms with Crippen molar-refractivity contribution in [1.29, 1.82) is 0 Å². The van der Waals surface area contributed by atoms with Crippen LogP contribution in [0.3, 0.4) is 0 Å². The van der Waals surface area contributed by atoms with E-state index in [1.807, 2.05) is 34.9 Å². The maximum Gasteiger partial charge on any atom is 0.232 e. The average molecular weight is 358 g/mol. The molecular formula is C17H18N4O3S. The zero-order chi connectivity index (χ0) is 17.8. The Kier molecular flexibility index (Phi) is 5.08. The van der Waals surface area contributed by atoms with E-state index in [9.17, 15) is 4.79 Å². The molecule has 0 radical (unpaired) electrons. The largest absolute Gasteiger partial charge is 0.495 e. The minimum absolute atomic E-state index is 0.000810. The maximum atomic E-state index is 11.9. The molecule has 1 aromatic carbocycles. The number of carbonyl (C=O) groups excluding carboxylic acids is 1. The number of furan rings is 1. The normalized spacial score (nSPS) is 10.7. The van der Waals surface area contributed by atoms with Gasteiger partial charge in [-0.25, -0.2) is 0 Å². The molecule has 130 valence electrons. The third-order valence-electron chi connectivity index (χ3n) is 3.52. The van der Waals surface area contributed by atoms with Crippen LogP contribution in [0.15, 0.2) is 52.2 Å². The molecule has 0 aliphatic carbocycles. The van der Waals surface area contributed by atoms with Crippen molar-refractivity contribution < 1.29 is 13.9 Å². The Hall–Kier alpha value is -2.74. The van der Waals surface area contributed by atoms with E-state index < -0.39 is 0 Å². The second kappa shape index (κ2) is 7.43. The third-order valence-corrected chi connectivity index (χ3v) is 4.44. The lowest BCUT2D eigenvalue weighted by Gasteiger charge is -2.13. The first-order valence-electron chi connectivity index (χ1n) is 7.57. The van der Waals surface area contributed by atoms with Crippen LogP contribution in [0.25, 0.3) is 17.3 Å². The Balaban J connectivity index is 2.06. The predicted molar refractivity (Wildman–Crippen MR) is 95.0 cm³/mol. The van der Waals surface area contributed by atoms with E-state index in [2.05, 4.69) is 10.2 Å². The number of rotatable bonds is 6. The highest BCUT2D eigenvalue weighted by Gasteiger charge is 2.21. The van der Waals surface area contributed by atoms with Gasteiger partial charge in [0.2, 0.25) is 11.7 Å². The number of benzene rings is 1. The number of nitrogens with zero attached hydrogens (tertiary/aromatic N) is 4. The Bertz CT molecular complexity index is 859. The van der Waals surface area contributed by atoms with Gasteiger partial charge in [0, 0.05) is 14.1 Å². The first kappa shape index (κ1) is 17.1. The van der Waals surface area contributed by atoms with Crippen LogP contribution in [0.5, 0.6) is 5.75 Å². The Morgan fingerprint density at radius 1 is 1.24 bits per heavy atom. The van der Waals surface area contributed by atoms with E-state index in [4.69, 9.17) is 9.15 Å². The first-order chi connectivity index (χ1) is 12.1. The van der Waals surface area contributed by atoms with Gasteiger partial charge >= 0.3 is 0 Å². The Morgan fingerprint density at radius 3 is 2.72 bits per heavy atom. The smallest absolute Gasteiger partial charge is 0.232 e. The average Bonchev–Trinajstić information content (AvgIpc) is 3.28. The lowest BCUT2D eigenvalue weighted by molar-refractivity contribution is -0.125. The molecule has 25 heavy (non-hydrogen) atoms. The summed E-state index contributed by atoms with van der Waals surface area (Å²) in [6.07, 6.45) is 1.58. The maximum absolute atomic E-state index is 11.9. The third kappa shape index (κ3) is 3.53. The van der Waals surface area contributed by atoms with Gasteiger partial charge in [0.15, 0.2) is 10.9 Å². The van der Waals surface area contributed by atoms with Crippen molar-refractivity contribution in [2.24, 2.45) is 0 Å². The van der Waals surface area contributed by atoms with Crippen molar-refractivity contribution in [2.75, 3.05) is 27.0 Å². The highest BCUT2D eigenvalue weighted by Crippen LogP contribution is 2.32. The number of carbonyl (C=O) groups is 1. The predicted octanol–water partition coefficient (Wildman–Crippen LogP) is 2.72. The number of aromatic nitrogens is 3. The molecule has 0 aliphatic rings. The van der Waals surface area contributed by atoms with Crippen molar-refractivity contribution in [2.45, 2.75) is 5.16 Å².